The summed E-state index contributed by atoms with van der Waals surface area (Å²) in [4.78, 5) is 4.27. The molecule has 0 saturated heterocycles. The summed E-state index contributed by atoms with van der Waals surface area (Å²) in [5, 5.41) is 0. The Morgan fingerprint density at radius 2 is 0.973 bits per heavy atom. The zero-order valence-electron chi connectivity index (χ0n) is 25.9. The minimum absolute atomic E-state index is 0. The Hall–Kier alpha value is -0.464. The summed E-state index contributed by atoms with van der Waals surface area (Å²) in [7, 11) is 1.87. The predicted molar refractivity (Wildman–Crippen MR) is 174 cm³/mol. The molecule has 5 heteroatoms. The van der Waals surface area contributed by atoms with Crippen molar-refractivity contribution in [1.29, 1.82) is 0 Å². The van der Waals surface area contributed by atoms with Gasteiger partial charge in [0, 0.05) is 47.0 Å². The summed E-state index contributed by atoms with van der Waals surface area (Å²) in [6, 6.07) is 19.6. The molecule has 0 aliphatic carbocycles. The van der Waals surface area contributed by atoms with Crippen LogP contribution in [0.1, 0.15) is 83.1 Å². The van der Waals surface area contributed by atoms with Gasteiger partial charge in [0.15, 0.2) is 0 Å². The second kappa shape index (κ2) is 18.0. The van der Waals surface area contributed by atoms with E-state index in [0.29, 0.717) is 0 Å². The minimum Gasteiger partial charge on any atom is -0.504 e. The van der Waals surface area contributed by atoms with Crippen molar-refractivity contribution in [3.05, 3.63) is 61.3 Å². The molecule has 1 heterocycles. The molecule has 0 saturated carbocycles. The zero-order valence-corrected chi connectivity index (χ0v) is 30.4. The molecule has 0 radical (unpaired) electrons. The Bertz CT molecular complexity index is 791. The van der Waals surface area contributed by atoms with Crippen molar-refractivity contribution in [3.63, 3.8) is 0 Å². The third-order valence-corrected chi connectivity index (χ3v) is 14.8. The molecule has 0 spiro atoms. The normalized spacial score (nSPS) is 12.9. The summed E-state index contributed by atoms with van der Waals surface area (Å²) in [6.07, 6.45) is 0. The van der Waals surface area contributed by atoms with E-state index >= 15 is 0 Å². The van der Waals surface area contributed by atoms with E-state index in [2.05, 4.69) is 143 Å². The molecule has 1 aliphatic heterocycles. The number of fused-ring (bicyclic) bond motifs is 1. The van der Waals surface area contributed by atoms with Crippen LogP contribution in [0, 0.1) is 12.7 Å². The van der Waals surface area contributed by atoms with Crippen LogP contribution in [0.15, 0.2) is 48.5 Å². The summed E-state index contributed by atoms with van der Waals surface area (Å²) in [5.74, 6) is 0. The molecule has 212 valence electrons. The Labute approximate surface area is 246 Å². The molecule has 0 unspecified atom stereocenters. The van der Waals surface area contributed by atoms with Crippen LogP contribution < -0.4 is 9.80 Å². The van der Waals surface area contributed by atoms with Crippen LogP contribution in [0.2, 0.25) is 0 Å². The van der Waals surface area contributed by atoms with Crippen molar-refractivity contribution in [1.82, 2.24) is 0 Å². The average molecular weight is 721 g/mol. The summed E-state index contributed by atoms with van der Waals surface area (Å²) in [6.45, 7) is 30.5. The number of hydrogen-bond acceptors (Lipinski definition) is 2. The molecule has 2 aromatic rings. The summed E-state index contributed by atoms with van der Waals surface area (Å²) < 4.78 is 0. The zero-order chi connectivity index (χ0) is 27.6. The Morgan fingerprint density at radius 1 is 0.595 bits per heavy atom. The van der Waals surface area contributed by atoms with Gasteiger partial charge in [-0.1, -0.05) is 12.1 Å². The van der Waals surface area contributed by atoms with Gasteiger partial charge in [0.1, 0.15) is 0 Å². The maximum Gasteiger partial charge on any atom is 0.0624 e. The van der Waals surface area contributed by atoms with Gasteiger partial charge in [-0.15, -0.1) is 5.69 Å². The van der Waals surface area contributed by atoms with Gasteiger partial charge >= 0.3 is 0 Å². The number of benzene rings is 2. The maximum atomic E-state index is 3.24. The quantitative estimate of drug-likeness (QED) is 0.208. The Kier molecular flexibility index (Phi) is 17.8. The fourth-order valence-corrected chi connectivity index (χ4v) is 14.0. The van der Waals surface area contributed by atoms with Gasteiger partial charge in [-0.2, -0.15) is 37.0 Å². The van der Waals surface area contributed by atoms with Crippen molar-refractivity contribution in [2.24, 2.45) is 0 Å². The van der Waals surface area contributed by atoms with Gasteiger partial charge in [-0.05, 0) is 102 Å². The molecule has 37 heavy (non-hydrogen) atoms. The Morgan fingerprint density at radius 3 is 1.30 bits per heavy atom. The van der Waals surface area contributed by atoms with Crippen molar-refractivity contribution in [2.75, 3.05) is 16.8 Å². The van der Waals surface area contributed by atoms with Crippen molar-refractivity contribution in [2.45, 2.75) is 117 Å². The fourth-order valence-electron chi connectivity index (χ4n) is 5.99. The molecule has 2 aromatic carbocycles. The average Bonchev–Trinajstić information content (AvgIpc) is 3.10. The van der Waals surface area contributed by atoms with Crippen LogP contribution >= 0.6 is 15.8 Å². The maximum absolute atomic E-state index is 3.24. The van der Waals surface area contributed by atoms with Crippen molar-refractivity contribution < 1.29 is 19.8 Å². The van der Waals surface area contributed by atoms with Gasteiger partial charge in [-0.3, -0.25) is 0 Å². The van der Waals surface area contributed by atoms with Crippen LogP contribution in [-0.4, -0.2) is 41.0 Å². The molecule has 3 rings (SSSR count). The van der Waals surface area contributed by atoms with Gasteiger partial charge < -0.3 is 9.80 Å². The molecule has 0 fully saturated rings. The third kappa shape index (κ3) is 11.7. The van der Waals surface area contributed by atoms with Gasteiger partial charge in [0.25, 0.3) is 0 Å². The predicted octanol–water partition coefficient (Wildman–Crippen LogP) is 10.0. The van der Waals surface area contributed by atoms with E-state index in [1.807, 2.05) is 18.2 Å². The van der Waals surface area contributed by atoms with E-state index in [0.717, 1.165) is 39.6 Å². The minimum atomic E-state index is -0.0957. The molecule has 2 nitrogen and oxygen atoms in total. The van der Waals surface area contributed by atoms with Gasteiger partial charge in [-0.25, -0.2) is 0 Å². The number of hydrogen-bond donors (Lipinski definition) is 0. The number of rotatable bonds is 7. The van der Waals surface area contributed by atoms with Crippen LogP contribution in [0.5, 0.6) is 0 Å². The summed E-state index contributed by atoms with van der Waals surface area (Å²) >= 11 is 0. The van der Waals surface area contributed by atoms with E-state index in [1.165, 1.54) is 11.4 Å². The smallest absolute Gasteiger partial charge is 0.0624 e. The van der Waals surface area contributed by atoms with Gasteiger partial charge in [0.2, 0.25) is 0 Å². The van der Waals surface area contributed by atoms with Crippen LogP contribution in [0.4, 0.5) is 17.1 Å². The topological polar surface area (TPSA) is 6.48 Å². The molecular weight excluding hydrogens is 665 g/mol. The number of anilines is 3. The SMILES string of the molecule is CC(C)[PH+](C(C)C)C(C)C.CC(C)[PH+](C(C)C)C(C)C.CN1[CH-]N(c2[c-]cccc2)c2ccccc21.[Os]. The number of nitrogens with zero attached hydrogens (tertiary/aromatic N) is 2. The first kappa shape index (κ1) is 36.5. The first-order valence-electron chi connectivity index (χ1n) is 13.9. The molecule has 0 bridgehead atoms. The third-order valence-electron chi connectivity index (χ3n) is 6.76. The number of para-hydroxylation sites is 3. The first-order valence-corrected chi connectivity index (χ1v) is 17.4. The molecular formula is C32H56N2OsP2. The molecule has 0 amide bonds. The van der Waals surface area contributed by atoms with E-state index in [9.17, 15) is 0 Å². The van der Waals surface area contributed by atoms with E-state index in [4.69, 9.17) is 0 Å². The van der Waals surface area contributed by atoms with E-state index in [-0.39, 0.29) is 35.6 Å². The molecule has 0 atom stereocenters. The molecule has 1 aliphatic rings. The van der Waals surface area contributed by atoms with Crippen LogP contribution in [0.25, 0.3) is 0 Å². The van der Waals surface area contributed by atoms with Crippen molar-refractivity contribution >= 4 is 32.9 Å². The van der Waals surface area contributed by atoms with E-state index in [1.54, 1.807) is 0 Å². The standard InChI is InChI=1S/C14H12N2.2C9H21P.Os/c1-15-11-16(12-7-3-2-4-8-12)14-10-6-5-9-13(14)15;2*1-7(2)10(8(3)4)9(5)6;/h2-7,9-11H,1H3;2*7-9H,1-6H3;/q-2;;;/p+2. The van der Waals surface area contributed by atoms with Crippen molar-refractivity contribution in [3.8, 4) is 0 Å². The molecule has 0 aromatic heterocycles. The second-order valence-electron chi connectivity index (χ2n) is 11.8. The first-order chi connectivity index (χ1) is 16.8. The Balaban J connectivity index is 0.000000549. The molecule has 0 N–H and O–H groups in total. The summed E-state index contributed by atoms with van der Waals surface area (Å²) in [5.41, 5.74) is 9.10. The monoisotopic (exact) mass is 722 g/mol. The van der Waals surface area contributed by atoms with Crippen LogP contribution in [-0.2, 0) is 19.8 Å². The fraction of sp³-hybridized carbons (Fsp3) is 0.594. The van der Waals surface area contributed by atoms with Crippen LogP contribution in [0.3, 0.4) is 0 Å². The van der Waals surface area contributed by atoms with Gasteiger partial charge in [0.05, 0.1) is 34.0 Å². The largest absolute Gasteiger partial charge is 0.504 e. The van der Waals surface area contributed by atoms with E-state index < -0.39 is 0 Å². The second-order valence-corrected chi connectivity index (χ2v) is 20.7.